The van der Waals surface area contributed by atoms with Crippen LogP contribution in [0.3, 0.4) is 0 Å². The summed E-state index contributed by atoms with van der Waals surface area (Å²) in [6, 6.07) is 8.20. The van der Waals surface area contributed by atoms with Gasteiger partial charge in [-0.2, -0.15) is 0 Å². The molecule has 26 heavy (non-hydrogen) atoms. The number of ether oxygens (including phenoxy) is 3. The van der Waals surface area contributed by atoms with Crippen LogP contribution in [0.25, 0.3) is 0 Å². The molecule has 0 radical (unpaired) electrons. The van der Waals surface area contributed by atoms with Crippen molar-refractivity contribution in [3.05, 3.63) is 47.0 Å². The Hall–Kier alpha value is -3.22. The van der Waals surface area contributed by atoms with E-state index < -0.39 is 11.9 Å². The summed E-state index contributed by atoms with van der Waals surface area (Å²) < 4.78 is 15.7. The Morgan fingerprint density at radius 2 is 1.65 bits per heavy atom. The predicted molar refractivity (Wildman–Crippen MR) is 96.5 cm³/mol. The summed E-state index contributed by atoms with van der Waals surface area (Å²) in [6.45, 7) is 3.68. The Bertz CT molecular complexity index is 831. The van der Waals surface area contributed by atoms with Crippen molar-refractivity contribution in [2.24, 2.45) is 0 Å². The van der Waals surface area contributed by atoms with Gasteiger partial charge in [-0.1, -0.05) is 6.07 Å². The number of nitrogens with one attached hydrogen (secondary N) is 1. The maximum absolute atomic E-state index is 12.2. The highest BCUT2D eigenvalue weighted by Gasteiger charge is 2.18. The number of anilines is 1. The fourth-order valence-electron chi connectivity index (χ4n) is 2.30. The van der Waals surface area contributed by atoms with Gasteiger partial charge in [-0.3, -0.25) is 4.79 Å². The molecule has 138 valence electrons. The van der Waals surface area contributed by atoms with Crippen LogP contribution in [0.1, 0.15) is 21.5 Å². The monoisotopic (exact) mass is 359 g/mol. The lowest BCUT2D eigenvalue weighted by Gasteiger charge is -2.14. The summed E-state index contributed by atoms with van der Waals surface area (Å²) in [5, 5.41) is 11.9. The Balaban J connectivity index is 2.14. The summed E-state index contributed by atoms with van der Waals surface area (Å²) >= 11 is 0. The molecule has 0 heterocycles. The molecule has 0 spiro atoms. The van der Waals surface area contributed by atoms with Crippen molar-refractivity contribution in [2.75, 3.05) is 26.1 Å². The molecule has 2 aromatic rings. The van der Waals surface area contributed by atoms with Gasteiger partial charge in [-0.25, -0.2) is 4.79 Å². The molecule has 0 unspecified atom stereocenters. The van der Waals surface area contributed by atoms with Crippen LogP contribution in [-0.4, -0.2) is 37.8 Å². The van der Waals surface area contributed by atoms with Gasteiger partial charge in [0.2, 0.25) is 0 Å². The van der Waals surface area contributed by atoms with E-state index in [4.69, 9.17) is 14.2 Å². The third-order valence-electron chi connectivity index (χ3n) is 3.88. The number of aromatic carboxylic acids is 1. The molecule has 0 saturated heterocycles. The van der Waals surface area contributed by atoms with Crippen molar-refractivity contribution in [3.8, 4) is 17.2 Å². The van der Waals surface area contributed by atoms with Crippen LogP contribution in [-0.2, 0) is 4.79 Å². The van der Waals surface area contributed by atoms with Crippen LogP contribution < -0.4 is 19.5 Å². The molecule has 2 N–H and O–H groups in total. The van der Waals surface area contributed by atoms with Gasteiger partial charge < -0.3 is 24.6 Å². The van der Waals surface area contributed by atoms with Crippen LogP contribution >= 0.6 is 0 Å². The second-order valence-electron chi connectivity index (χ2n) is 5.64. The maximum Gasteiger partial charge on any atom is 0.337 e. The van der Waals surface area contributed by atoms with Crippen LogP contribution in [0.2, 0.25) is 0 Å². The second-order valence-corrected chi connectivity index (χ2v) is 5.64. The minimum absolute atomic E-state index is 0.101. The molecular weight excluding hydrogens is 338 g/mol. The topological polar surface area (TPSA) is 94.1 Å². The first-order valence-electron chi connectivity index (χ1n) is 7.85. The number of carbonyl (C=O) groups excluding carboxylic acids is 1. The zero-order valence-electron chi connectivity index (χ0n) is 15.1. The normalized spacial score (nSPS) is 10.2. The van der Waals surface area contributed by atoms with Gasteiger partial charge in [0, 0.05) is 12.1 Å². The van der Waals surface area contributed by atoms with Gasteiger partial charge in [-0.15, -0.1) is 0 Å². The molecule has 7 nitrogen and oxygen atoms in total. The molecule has 2 rings (SSSR count). The second kappa shape index (κ2) is 8.24. The minimum Gasteiger partial charge on any atom is -0.493 e. The molecule has 0 aliphatic heterocycles. The summed E-state index contributed by atoms with van der Waals surface area (Å²) in [7, 11) is 2.83. The van der Waals surface area contributed by atoms with Gasteiger partial charge in [0.25, 0.3) is 5.91 Å². The summed E-state index contributed by atoms with van der Waals surface area (Å²) in [6.07, 6.45) is 0. The average molecular weight is 359 g/mol. The van der Waals surface area contributed by atoms with Crippen LogP contribution in [0.5, 0.6) is 17.2 Å². The van der Waals surface area contributed by atoms with Crippen molar-refractivity contribution >= 4 is 17.6 Å². The molecule has 0 aromatic heterocycles. The van der Waals surface area contributed by atoms with E-state index >= 15 is 0 Å². The average Bonchev–Trinajstić information content (AvgIpc) is 2.62. The number of amides is 1. The zero-order chi connectivity index (χ0) is 19.3. The SMILES string of the molecule is COc1cc(NC(=O)COc2ccc(C)c(C)c2)c(C(=O)O)cc1OC. The number of hydrogen-bond acceptors (Lipinski definition) is 5. The smallest absolute Gasteiger partial charge is 0.337 e. The summed E-state index contributed by atoms with van der Waals surface area (Å²) in [4.78, 5) is 23.6. The van der Waals surface area contributed by atoms with Crippen molar-refractivity contribution in [3.63, 3.8) is 0 Å². The zero-order valence-corrected chi connectivity index (χ0v) is 15.1. The van der Waals surface area contributed by atoms with Crippen LogP contribution in [0, 0.1) is 13.8 Å². The van der Waals surface area contributed by atoms with Crippen molar-refractivity contribution in [2.45, 2.75) is 13.8 Å². The number of rotatable bonds is 7. The van der Waals surface area contributed by atoms with Crippen LogP contribution in [0.15, 0.2) is 30.3 Å². The molecule has 1 amide bonds. The minimum atomic E-state index is -1.20. The van der Waals surface area contributed by atoms with Gasteiger partial charge >= 0.3 is 5.97 Å². The Labute approximate surface area is 151 Å². The number of carboxylic acids is 1. The number of methoxy groups -OCH3 is 2. The summed E-state index contributed by atoms with van der Waals surface area (Å²) in [5.74, 6) is -0.555. The maximum atomic E-state index is 12.2. The Morgan fingerprint density at radius 1 is 1.00 bits per heavy atom. The third-order valence-corrected chi connectivity index (χ3v) is 3.88. The largest absolute Gasteiger partial charge is 0.493 e. The fraction of sp³-hybridized carbons (Fsp3) is 0.263. The number of carbonyl (C=O) groups is 2. The van der Waals surface area contributed by atoms with E-state index in [1.165, 1.54) is 26.4 Å². The molecule has 0 aliphatic rings. The van der Waals surface area contributed by atoms with E-state index in [2.05, 4.69) is 5.32 Å². The van der Waals surface area contributed by atoms with Gasteiger partial charge in [0.1, 0.15) is 5.75 Å². The predicted octanol–water partition coefficient (Wildman–Crippen LogP) is 3.04. The molecule has 0 saturated carbocycles. The first-order valence-corrected chi connectivity index (χ1v) is 7.85. The van der Waals surface area contributed by atoms with Gasteiger partial charge in [0.15, 0.2) is 18.1 Å². The first kappa shape index (κ1) is 19.1. The highest BCUT2D eigenvalue weighted by atomic mass is 16.5. The number of benzene rings is 2. The molecular formula is C19H21NO6. The standard InChI is InChI=1S/C19H21NO6/c1-11-5-6-13(7-12(11)2)26-10-18(21)20-15-9-17(25-4)16(24-3)8-14(15)19(22)23/h5-9H,10H2,1-4H3,(H,20,21)(H,22,23). The van der Waals surface area contributed by atoms with Crippen molar-refractivity contribution in [1.82, 2.24) is 0 Å². The lowest BCUT2D eigenvalue weighted by Crippen LogP contribution is -2.21. The van der Waals surface area contributed by atoms with Crippen molar-refractivity contribution in [1.29, 1.82) is 0 Å². The third kappa shape index (κ3) is 4.44. The van der Waals surface area contributed by atoms with E-state index in [9.17, 15) is 14.7 Å². The van der Waals surface area contributed by atoms with E-state index in [-0.39, 0.29) is 23.6 Å². The Kier molecular flexibility index (Phi) is 6.06. The first-order chi connectivity index (χ1) is 12.3. The molecule has 0 fully saturated rings. The lowest BCUT2D eigenvalue weighted by molar-refractivity contribution is -0.118. The van der Waals surface area contributed by atoms with Gasteiger partial charge in [-0.05, 0) is 37.1 Å². The van der Waals surface area contributed by atoms with Crippen molar-refractivity contribution < 1.29 is 28.9 Å². The summed E-state index contributed by atoms with van der Waals surface area (Å²) in [5.41, 5.74) is 2.17. The van der Waals surface area contributed by atoms with E-state index in [0.29, 0.717) is 11.5 Å². The van der Waals surface area contributed by atoms with E-state index in [1.54, 1.807) is 6.07 Å². The molecule has 0 atom stereocenters. The number of aryl methyl sites for hydroxylation is 2. The van der Waals surface area contributed by atoms with Crippen LogP contribution in [0.4, 0.5) is 5.69 Å². The van der Waals surface area contributed by atoms with E-state index in [0.717, 1.165) is 11.1 Å². The highest BCUT2D eigenvalue weighted by Crippen LogP contribution is 2.33. The Morgan fingerprint density at radius 3 is 2.23 bits per heavy atom. The molecule has 2 aromatic carbocycles. The van der Waals surface area contributed by atoms with Gasteiger partial charge in [0.05, 0.1) is 25.5 Å². The number of carboxylic acid groups (broad SMARTS) is 1. The molecule has 0 aliphatic carbocycles. The lowest BCUT2D eigenvalue weighted by atomic mass is 10.1. The highest BCUT2D eigenvalue weighted by molar-refractivity contribution is 6.01. The molecule has 0 bridgehead atoms. The van der Waals surface area contributed by atoms with E-state index in [1.807, 2.05) is 26.0 Å². The fourth-order valence-corrected chi connectivity index (χ4v) is 2.30. The number of hydrogen-bond donors (Lipinski definition) is 2. The molecule has 7 heteroatoms. The quantitative estimate of drug-likeness (QED) is 0.789.